The molecule has 2 aliphatic rings. The number of hydrogen-bond donors (Lipinski definition) is 0. The predicted molar refractivity (Wildman–Crippen MR) is 199 cm³/mol. The van der Waals surface area contributed by atoms with Crippen LogP contribution in [0, 0.1) is 0 Å². The molecule has 4 heteroatoms. The SMILES string of the molecule is c1ccc(-c2ccc(-c3nnc(-c4cccc5c4-c4ccccc4C54c5ccccc5Oc5ccccc54)nc3-c3ccccc3)cc2)cc1. The molecule has 1 aliphatic heterocycles. The van der Waals surface area contributed by atoms with Crippen LogP contribution in [0.25, 0.3) is 56.2 Å². The van der Waals surface area contributed by atoms with Crippen molar-refractivity contribution in [3.05, 3.63) is 198 Å². The largest absolute Gasteiger partial charge is 0.457 e. The van der Waals surface area contributed by atoms with Gasteiger partial charge < -0.3 is 4.74 Å². The topological polar surface area (TPSA) is 47.9 Å². The van der Waals surface area contributed by atoms with Crippen LogP contribution in [-0.4, -0.2) is 15.2 Å². The van der Waals surface area contributed by atoms with E-state index in [-0.39, 0.29) is 0 Å². The van der Waals surface area contributed by atoms with E-state index < -0.39 is 5.41 Å². The fraction of sp³-hybridized carbons (Fsp3) is 0.0217. The van der Waals surface area contributed by atoms with Crippen molar-refractivity contribution in [3.63, 3.8) is 0 Å². The second-order valence-electron chi connectivity index (χ2n) is 12.8. The van der Waals surface area contributed by atoms with Gasteiger partial charge in [0, 0.05) is 27.8 Å². The summed E-state index contributed by atoms with van der Waals surface area (Å²) in [6, 6.07) is 61.3. The van der Waals surface area contributed by atoms with Gasteiger partial charge in [0.2, 0.25) is 0 Å². The first-order chi connectivity index (χ1) is 24.8. The molecule has 0 atom stereocenters. The lowest BCUT2D eigenvalue weighted by Gasteiger charge is -2.39. The van der Waals surface area contributed by atoms with Crippen LogP contribution in [0.5, 0.6) is 11.5 Å². The molecule has 50 heavy (non-hydrogen) atoms. The Morgan fingerprint density at radius 1 is 0.360 bits per heavy atom. The van der Waals surface area contributed by atoms with Gasteiger partial charge in [-0.15, -0.1) is 10.2 Å². The van der Waals surface area contributed by atoms with Gasteiger partial charge >= 0.3 is 0 Å². The van der Waals surface area contributed by atoms with E-state index in [9.17, 15) is 0 Å². The number of fused-ring (bicyclic) bond motifs is 9. The number of nitrogens with zero attached hydrogens (tertiary/aromatic N) is 3. The van der Waals surface area contributed by atoms with Crippen LogP contribution in [0.1, 0.15) is 22.3 Å². The van der Waals surface area contributed by atoms with Gasteiger partial charge in [0.05, 0.1) is 5.41 Å². The molecule has 7 aromatic carbocycles. The average molecular weight is 640 g/mol. The van der Waals surface area contributed by atoms with Crippen LogP contribution in [-0.2, 0) is 5.41 Å². The predicted octanol–water partition coefficient (Wildman–Crippen LogP) is 11.0. The number of hydrogen-bond acceptors (Lipinski definition) is 4. The average Bonchev–Trinajstić information content (AvgIpc) is 3.49. The minimum absolute atomic E-state index is 0.566. The van der Waals surface area contributed by atoms with Crippen molar-refractivity contribution in [2.24, 2.45) is 0 Å². The molecule has 0 fully saturated rings. The first-order valence-electron chi connectivity index (χ1n) is 16.9. The first kappa shape index (κ1) is 28.4. The van der Waals surface area contributed by atoms with E-state index in [4.69, 9.17) is 19.9 Å². The van der Waals surface area contributed by atoms with Crippen LogP contribution in [0.2, 0.25) is 0 Å². The highest BCUT2D eigenvalue weighted by molar-refractivity contribution is 5.95. The Balaban J connectivity index is 1.19. The number of rotatable bonds is 4. The van der Waals surface area contributed by atoms with Crippen molar-refractivity contribution in [2.75, 3.05) is 0 Å². The molecule has 0 saturated heterocycles. The molecule has 1 spiro atoms. The summed E-state index contributed by atoms with van der Waals surface area (Å²) in [6.45, 7) is 0. The summed E-state index contributed by atoms with van der Waals surface area (Å²) >= 11 is 0. The van der Waals surface area contributed by atoms with Crippen molar-refractivity contribution < 1.29 is 4.74 Å². The number of aromatic nitrogens is 3. The quantitative estimate of drug-likeness (QED) is 0.192. The lowest BCUT2D eigenvalue weighted by molar-refractivity contribution is 0.436. The smallest absolute Gasteiger partial charge is 0.183 e. The Labute approximate surface area is 290 Å². The zero-order valence-corrected chi connectivity index (χ0v) is 27.0. The van der Waals surface area contributed by atoms with E-state index in [0.717, 1.165) is 67.4 Å². The fourth-order valence-corrected chi connectivity index (χ4v) is 7.97. The molecule has 0 radical (unpaired) electrons. The molecule has 4 nitrogen and oxygen atoms in total. The van der Waals surface area contributed by atoms with Gasteiger partial charge in [0.1, 0.15) is 22.9 Å². The van der Waals surface area contributed by atoms with E-state index >= 15 is 0 Å². The van der Waals surface area contributed by atoms with Crippen LogP contribution in [0.4, 0.5) is 0 Å². The summed E-state index contributed by atoms with van der Waals surface area (Å²) in [6.07, 6.45) is 0. The van der Waals surface area contributed by atoms with Crippen LogP contribution >= 0.6 is 0 Å². The minimum atomic E-state index is -0.566. The highest BCUT2D eigenvalue weighted by Crippen LogP contribution is 2.63. The first-order valence-corrected chi connectivity index (χ1v) is 16.9. The summed E-state index contributed by atoms with van der Waals surface area (Å²) in [5.41, 5.74) is 13.1. The van der Waals surface area contributed by atoms with Crippen LogP contribution in [0.15, 0.2) is 176 Å². The zero-order valence-electron chi connectivity index (χ0n) is 27.0. The Hall–Kier alpha value is -6.65. The van der Waals surface area contributed by atoms with Gasteiger partial charge in [-0.05, 0) is 45.5 Å². The minimum Gasteiger partial charge on any atom is -0.457 e. The van der Waals surface area contributed by atoms with Crippen molar-refractivity contribution in [3.8, 4) is 67.7 Å². The molecular formula is C46H29N3O. The number of benzene rings is 7. The maximum Gasteiger partial charge on any atom is 0.183 e. The summed E-state index contributed by atoms with van der Waals surface area (Å²) < 4.78 is 6.53. The maximum atomic E-state index is 6.53. The van der Waals surface area contributed by atoms with Crippen molar-refractivity contribution in [1.82, 2.24) is 15.2 Å². The van der Waals surface area contributed by atoms with E-state index in [2.05, 4.69) is 140 Å². The third-order valence-electron chi connectivity index (χ3n) is 10.1. The van der Waals surface area contributed by atoms with Crippen molar-refractivity contribution >= 4 is 0 Å². The Morgan fingerprint density at radius 3 is 1.56 bits per heavy atom. The maximum absolute atomic E-state index is 6.53. The molecule has 0 bridgehead atoms. The zero-order chi connectivity index (χ0) is 33.1. The molecule has 0 N–H and O–H groups in total. The van der Waals surface area contributed by atoms with E-state index in [1.54, 1.807) is 0 Å². The second-order valence-corrected chi connectivity index (χ2v) is 12.8. The lowest BCUT2D eigenvalue weighted by Crippen LogP contribution is -2.32. The second kappa shape index (κ2) is 11.2. The van der Waals surface area contributed by atoms with E-state index in [0.29, 0.717) is 5.82 Å². The molecule has 2 heterocycles. The third kappa shape index (κ3) is 4.15. The Kier molecular flexibility index (Phi) is 6.36. The molecule has 234 valence electrons. The Bertz CT molecular complexity index is 2520. The van der Waals surface area contributed by atoms with Gasteiger partial charge in [-0.1, -0.05) is 164 Å². The third-order valence-corrected chi connectivity index (χ3v) is 10.1. The molecule has 8 aromatic rings. The van der Waals surface area contributed by atoms with Gasteiger partial charge in [0.15, 0.2) is 5.82 Å². The standard InChI is InChI=1S/C46H29N3O/c1-3-14-30(15-4-1)31-26-28-33(29-27-31)44-43(32-16-5-2-6-17-32)47-45(49-48-44)35-19-13-23-39-42(35)34-18-7-8-20-36(34)46(39)37-21-9-11-24-40(37)50-41-25-12-10-22-38(41)46/h1-29H. The van der Waals surface area contributed by atoms with Gasteiger partial charge in [-0.3, -0.25) is 0 Å². The van der Waals surface area contributed by atoms with Gasteiger partial charge in [-0.2, -0.15) is 0 Å². The molecule has 0 unspecified atom stereocenters. The molecule has 10 rings (SSSR count). The molecule has 1 aliphatic carbocycles. The summed E-state index contributed by atoms with van der Waals surface area (Å²) in [5, 5.41) is 9.81. The van der Waals surface area contributed by atoms with Crippen LogP contribution in [0.3, 0.4) is 0 Å². The number of para-hydroxylation sites is 2. The highest BCUT2D eigenvalue weighted by Gasteiger charge is 2.51. The van der Waals surface area contributed by atoms with Crippen molar-refractivity contribution in [1.29, 1.82) is 0 Å². The summed E-state index contributed by atoms with van der Waals surface area (Å²) in [4.78, 5) is 5.34. The van der Waals surface area contributed by atoms with Gasteiger partial charge in [0.25, 0.3) is 0 Å². The lowest BCUT2D eigenvalue weighted by atomic mass is 9.66. The summed E-state index contributed by atoms with van der Waals surface area (Å²) in [5.74, 6) is 2.32. The molecular weight excluding hydrogens is 611 g/mol. The van der Waals surface area contributed by atoms with E-state index in [1.165, 1.54) is 16.7 Å². The monoisotopic (exact) mass is 639 g/mol. The van der Waals surface area contributed by atoms with Crippen LogP contribution < -0.4 is 4.74 Å². The fourth-order valence-electron chi connectivity index (χ4n) is 7.97. The molecule has 1 aromatic heterocycles. The van der Waals surface area contributed by atoms with Crippen molar-refractivity contribution in [2.45, 2.75) is 5.41 Å². The molecule has 0 amide bonds. The number of ether oxygens (including phenoxy) is 1. The van der Waals surface area contributed by atoms with Gasteiger partial charge in [-0.25, -0.2) is 4.98 Å². The molecule has 0 saturated carbocycles. The normalized spacial score (nSPS) is 13.1. The summed E-state index contributed by atoms with van der Waals surface area (Å²) in [7, 11) is 0. The highest BCUT2D eigenvalue weighted by atomic mass is 16.5. The van der Waals surface area contributed by atoms with E-state index in [1.807, 2.05) is 36.4 Å². The Morgan fingerprint density at radius 2 is 0.860 bits per heavy atom.